The van der Waals surface area contributed by atoms with Crippen LogP contribution in [-0.2, 0) is 4.79 Å². The molecule has 0 saturated heterocycles. The Morgan fingerprint density at radius 2 is 1.64 bits per heavy atom. The third kappa shape index (κ3) is 5.64. The fourth-order valence-electron chi connectivity index (χ4n) is 2.45. The monoisotopic (exact) mass is 339 g/mol. The standard InChI is InChI=1S/C20H25N3O2/c1-4-23(18-8-6-5-7-9-18)14-19(24)22-17-12-10-16(11-13-17)20(25)21-15(2)3/h5-13,15H,4,14H2,1-3H3,(H,21,25)(H,22,24). The molecule has 2 aromatic rings. The van der Waals surface area contributed by atoms with Crippen LogP contribution in [0.5, 0.6) is 0 Å². The largest absolute Gasteiger partial charge is 0.362 e. The quantitative estimate of drug-likeness (QED) is 0.814. The molecular formula is C20H25N3O2. The number of nitrogens with zero attached hydrogens (tertiary/aromatic N) is 1. The Hall–Kier alpha value is -2.82. The van der Waals surface area contributed by atoms with Crippen LogP contribution in [0.3, 0.4) is 0 Å². The van der Waals surface area contributed by atoms with Gasteiger partial charge in [-0.05, 0) is 57.2 Å². The molecule has 0 aliphatic rings. The summed E-state index contributed by atoms with van der Waals surface area (Å²) in [5, 5.41) is 5.71. The molecule has 5 nitrogen and oxygen atoms in total. The van der Waals surface area contributed by atoms with Gasteiger partial charge in [0.15, 0.2) is 0 Å². The predicted octanol–water partition coefficient (Wildman–Crippen LogP) is 3.29. The molecule has 0 atom stereocenters. The molecule has 0 saturated carbocycles. The minimum atomic E-state index is -0.117. The zero-order valence-corrected chi connectivity index (χ0v) is 15.0. The summed E-state index contributed by atoms with van der Waals surface area (Å²) in [6.45, 7) is 6.86. The summed E-state index contributed by atoms with van der Waals surface area (Å²) in [7, 11) is 0. The van der Waals surface area contributed by atoms with Crippen molar-refractivity contribution in [3.8, 4) is 0 Å². The molecule has 0 unspecified atom stereocenters. The molecular weight excluding hydrogens is 314 g/mol. The Bertz CT molecular complexity index is 697. The first-order chi connectivity index (χ1) is 12.0. The lowest BCUT2D eigenvalue weighted by atomic mass is 10.2. The molecule has 0 radical (unpaired) electrons. The van der Waals surface area contributed by atoms with Crippen LogP contribution in [0.1, 0.15) is 31.1 Å². The van der Waals surface area contributed by atoms with Crippen molar-refractivity contribution >= 4 is 23.2 Å². The van der Waals surface area contributed by atoms with Crippen LogP contribution in [0.4, 0.5) is 11.4 Å². The highest BCUT2D eigenvalue weighted by atomic mass is 16.2. The van der Waals surface area contributed by atoms with E-state index in [1.807, 2.05) is 56.0 Å². The molecule has 0 spiro atoms. The predicted molar refractivity (Wildman–Crippen MR) is 102 cm³/mol. The molecule has 0 aliphatic carbocycles. The third-order valence-corrected chi connectivity index (χ3v) is 3.69. The summed E-state index contributed by atoms with van der Waals surface area (Å²) in [4.78, 5) is 26.2. The van der Waals surface area contributed by atoms with Gasteiger partial charge in [-0.25, -0.2) is 0 Å². The van der Waals surface area contributed by atoms with Gasteiger partial charge in [-0.1, -0.05) is 18.2 Å². The van der Waals surface area contributed by atoms with Gasteiger partial charge in [0.1, 0.15) is 0 Å². The zero-order valence-electron chi connectivity index (χ0n) is 15.0. The molecule has 2 amide bonds. The van der Waals surface area contributed by atoms with E-state index in [2.05, 4.69) is 10.6 Å². The second-order valence-electron chi connectivity index (χ2n) is 6.10. The fraction of sp³-hybridized carbons (Fsp3) is 0.300. The Kier molecular flexibility index (Phi) is 6.57. The lowest BCUT2D eigenvalue weighted by molar-refractivity contribution is -0.115. The summed E-state index contributed by atoms with van der Waals surface area (Å²) in [5.41, 5.74) is 2.27. The summed E-state index contributed by atoms with van der Waals surface area (Å²) < 4.78 is 0. The minimum absolute atomic E-state index is 0.0879. The van der Waals surface area contributed by atoms with Crippen molar-refractivity contribution in [1.29, 1.82) is 0 Å². The molecule has 25 heavy (non-hydrogen) atoms. The molecule has 0 heterocycles. The second-order valence-corrected chi connectivity index (χ2v) is 6.10. The first kappa shape index (κ1) is 18.5. The maximum Gasteiger partial charge on any atom is 0.251 e. The van der Waals surface area contributed by atoms with Crippen molar-refractivity contribution in [1.82, 2.24) is 5.32 Å². The number of hydrogen-bond acceptors (Lipinski definition) is 3. The minimum Gasteiger partial charge on any atom is -0.362 e. The number of benzene rings is 2. The highest BCUT2D eigenvalue weighted by molar-refractivity contribution is 5.96. The molecule has 2 aromatic carbocycles. The maximum absolute atomic E-state index is 12.3. The Morgan fingerprint density at radius 1 is 1.00 bits per heavy atom. The van der Waals surface area contributed by atoms with Crippen molar-refractivity contribution in [2.75, 3.05) is 23.3 Å². The number of rotatable bonds is 7. The summed E-state index contributed by atoms with van der Waals surface area (Å²) in [6, 6.07) is 16.8. The topological polar surface area (TPSA) is 61.4 Å². The summed E-state index contributed by atoms with van der Waals surface area (Å²) >= 11 is 0. The smallest absolute Gasteiger partial charge is 0.251 e. The van der Waals surface area contributed by atoms with Gasteiger partial charge < -0.3 is 15.5 Å². The van der Waals surface area contributed by atoms with E-state index >= 15 is 0 Å². The van der Waals surface area contributed by atoms with Crippen molar-refractivity contribution < 1.29 is 9.59 Å². The van der Waals surface area contributed by atoms with E-state index < -0.39 is 0 Å². The molecule has 0 aromatic heterocycles. The van der Waals surface area contributed by atoms with Crippen LogP contribution >= 0.6 is 0 Å². The van der Waals surface area contributed by atoms with Gasteiger partial charge in [-0.2, -0.15) is 0 Å². The van der Waals surface area contributed by atoms with E-state index in [9.17, 15) is 9.59 Å². The Morgan fingerprint density at radius 3 is 2.20 bits per heavy atom. The number of likely N-dealkylation sites (N-methyl/N-ethyl adjacent to an activating group) is 1. The van der Waals surface area contributed by atoms with Gasteiger partial charge in [-0.3, -0.25) is 9.59 Å². The fourth-order valence-corrected chi connectivity index (χ4v) is 2.45. The molecule has 2 N–H and O–H groups in total. The van der Waals surface area contributed by atoms with Gasteiger partial charge >= 0.3 is 0 Å². The number of nitrogens with one attached hydrogen (secondary N) is 2. The van der Waals surface area contributed by atoms with Gasteiger partial charge in [0.05, 0.1) is 6.54 Å². The van der Waals surface area contributed by atoms with E-state index in [0.29, 0.717) is 11.3 Å². The Balaban J connectivity index is 1.95. The molecule has 0 aliphatic heterocycles. The highest BCUT2D eigenvalue weighted by Crippen LogP contribution is 2.14. The first-order valence-electron chi connectivity index (χ1n) is 8.50. The van der Waals surface area contributed by atoms with Crippen LogP contribution in [0, 0.1) is 0 Å². The zero-order chi connectivity index (χ0) is 18.2. The molecule has 0 fully saturated rings. The van der Waals surface area contributed by atoms with Crippen LogP contribution in [0.25, 0.3) is 0 Å². The number of carbonyl (C=O) groups is 2. The van der Waals surface area contributed by atoms with Gasteiger partial charge in [0.2, 0.25) is 5.91 Å². The van der Waals surface area contributed by atoms with Crippen LogP contribution in [0.15, 0.2) is 54.6 Å². The number of amides is 2. The van der Waals surface area contributed by atoms with Crippen LogP contribution < -0.4 is 15.5 Å². The number of para-hydroxylation sites is 1. The lowest BCUT2D eigenvalue weighted by Crippen LogP contribution is -2.33. The van der Waals surface area contributed by atoms with E-state index in [1.165, 1.54) is 0 Å². The summed E-state index contributed by atoms with van der Waals surface area (Å²) in [5.74, 6) is -0.209. The number of hydrogen-bond donors (Lipinski definition) is 2. The average Bonchev–Trinajstić information content (AvgIpc) is 2.60. The number of anilines is 2. The molecule has 5 heteroatoms. The van der Waals surface area contributed by atoms with Crippen LogP contribution in [-0.4, -0.2) is 30.9 Å². The van der Waals surface area contributed by atoms with Gasteiger partial charge in [0.25, 0.3) is 5.91 Å². The third-order valence-electron chi connectivity index (χ3n) is 3.69. The maximum atomic E-state index is 12.3. The van der Waals surface area contributed by atoms with Crippen LogP contribution in [0.2, 0.25) is 0 Å². The van der Waals surface area contributed by atoms with Gasteiger partial charge in [0, 0.05) is 29.5 Å². The second kappa shape index (κ2) is 8.87. The molecule has 2 rings (SSSR count). The van der Waals surface area contributed by atoms with Crippen molar-refractivity contribution in [3.63, 3.8) is 0 Å². The van der Waals surface area contributed by atoms with E-state index in [-0.39, 0.29) is 24.4 Å². The highest BCUT2D eigenvalue weighted by Gasteiger charge is 2.11. The van der Waals surface area contributed by atoms with Crippen molar-refractivity contribution in [2.45, 2.75) is 26.8 Å². The van der Waals surface area contributed by atoms with Crippen molar-refractivity contribution in [3.05, 3.63) is 60.2 Å². The van der Waals surface area contributed by atoms with E-state index in [0.717, 1.165) is 12.2 Å². The van der Waals surface area contributed by atoms with E-state index in [4.69, 9.17) is 0 Å². The average molecular weight is 339 g/mol. The van der Waals surface area contributed by atoms with Crippen molar-refractivity contribution in [2.24, 2.45) is 0 Å². The summed E-state index contributed by atoms with van der Waals surface area (Å²) in [6.07, 6.45) is 0. The SMILES string of the molecule is CCN(CC(=O)Nc1ccc(C(=O)NC(C)C)cc1)c1ccccc1. The van der Waals surface area contributed by atoms with E-state index in [1.54, 1.807) is 24.3 Å². The normalized spacial score (nSPS) is 10.4. The first-order valence-corrected chi connectivity index (χ1v) is 8.50. The number of carbonyl (C=O) groups excluding carboxylic acids is 2. The molecule has 132 valence electrons. The van der Waals surface area contributed by atoms with Gasteiger partial charge in [-0.15, -0.1) is 0 Å². The lowest BCUT2D eigenvalue weighted by Gasteiger charge is -2.22. The Labute approximate surface area is 149 Å². The molecule has 0 bridgehead atoms.